The first kappa shape index (κ1) is 12.8. The number of halogens is 1. The Kier molecular flexibility index (Phi) is 4.58. The predicted molar refractivity (Wildman–Crippen MR) is 64.5 cm³/mol. The highest BCUT2D eigenvalue weighted by atomic mass is 35.5. The zero-order valence-corrected chi connectivity index (χ0v) is 9.79. The topological polar surface area (TPSA) is 75.3 Å². The first-order chi connectivity index (χ1) is 7.56. The van der Waals surface area contributed by atoms with E-state index in [1.165, 1.54) is 6.07 Å². The molecular formula is C11H15ClN2O2. The van der Waals surface area contributed by atoms with Crippen molar-refractivity contribution >= 4 is 23.2 Å². The van der Waals surface area contributed by atoms with E-state index in [9.17, 15) is 4.79 Å². The van der Waals surface area contributed by atoms with E-state index in [1.54, 1.807) is 12.1 Å². The fraction of sp³-hybridized carbons (Fsp3) is 0.364. The Morgan fingerprint density at radius 2 is 2.25 bits per heavy atom. The van der Waals surface area contributed by atoms with E-state index < -0.39 is 0 Å². The van der Waals surface area contributed by atoms with Gasteiger partial charge in [0.25, 0.3) is 5.91 Å². The summed E-state index contributed by atoms with van der Waals surface area (Å²) in [6, 6.07) is 4.41. The quantitative estimate of drug-likeness (QED) is 0.699. The minimum Gasteiger partial charge on any atom is -0.399 e. The lowest BCUT2D eigenvalue weighted by molar-refractivity contribution is 0.0915. The molecule has 0 fully saturated rings. The molecule has 0 aliphatic rings. The average Bonchev–Trinajstić information content (AvgIpc) is 2.24. The zero-order chi connectivity index (χ0) is 12.1. The van der Waals surface area contributed by atoms with Gasteiger partial charge < -0.3 is 16.2 Å². The van der Waals surface area contributed by atoms with Gasteiger partial charge in [-0.15, -0.1) is 0 Å². The number of carbonyl (C=O) groups excluding carboxylic acids is 1. The number of nitrogens with one attached hydrogen (secondary N) is 1. The van der Waals surface area contributed by atoms with Crippen LogP contribution in [0.15, 0.2) is 18.2 Å². The second kappa shape index (κ2) is 5.72. The lowest BCUT2D eigenvalue weighted by Gasteiger charge is -2.14. The summed E-state index contributed by atoms with van der Waals surface area (Å²) in [5.41, 5.74) is 6.42. The second-order valence-electron chi connectivity index (χ2n) is 3.53. The van der Waals surface area contributed by atoms with Crippen molar-refractivity contribution in [2.45, 2.75) is 19.4 Å². The van der Waals surface area contributed by atoms with E-state index in [0.717, 1.165) is 0 Å². The number of benzene rings is 1. The highest BCUT2D eigenvalue weighted by Crippen LogP contribution is 2.16. The van der Waals surface area contributed by atoms with Crippen LogP contribution in [-0.2, 0) is 0 Å². The molecule has 1 rings (SSSR count). The third-order valence-corrected chi connectivity index (χ3v) is 2.45. The third-order valence-electron chi connectivity index (χ3n) is 2.23. The number of anilines is 1. The number of hydrogen-bond acceptors (Lipinski definition) is 3. The van der Waals surface area contributed by atoms with Crippen molar-refractivity contribution in [3.63, 3.8) is 0 Å². The van der Waals surface area contributed by atoms with Crippen LogP contribution in [0, 0.1) is 0 Å². The van der Waals surface area contributed by atoms with Crippen LogP contribution in [0.2, 0.25) is 5.02 Å². The highest BCUT2D eigenvalue weighted by molar-refractivity contribution is 6.31. The van der Waals surface area contributed by atoms with Crippen molar-refractivity contribution < 1.29 is 9.90 Å². The van der Waals surface area contributed by atoms with Crippen LogP contribution in [0.4, 0.5) is 5.69 Å². The van der Waals surface area contributed by atoms with Crippen LogP contribution < -0.4 is 11.1 Å². The fourth-order valence-corrected chi connectivity index (χ4v) is 1.53. The molecule has 16 heavy (non-hydrogen) atoms. The molecule has 1 aromatic carbocycles. The van der Waals surface area contributed by atoms with Crippen molar-refractivity contribution in [3.05, 3.63) is 28.8 Å². The van der Waals surface area contributed by atoms with Crippen LogP contribution in [0.3, 0.4) is 0 Å². The standard InChI is InChI=1S/C11H15ClN2O2/c1-2-10(6-15)14-11(16)7-3-8(12)5-9(13)4-7/h3-5,10,15H,2,6,13H2,1H3,(H,14,16)/t10-/m0/s1. The molecule has 0 aliphatic heterocycles. The largest absolute Gasteiger partial charge is 0.399 e. The maximum Gasteiger partial charge on any atom is 0.251 e. The van der Waals surface area contributed by atoms with Gasteiger partial charge in [-0.05, 0) is 24.6 Å². The Balaban J connectivity index is 2.80. The summed E-state index contributed by atoms with van der Waals surface area (Å²) in [4.78, 5) is 11.7. The summed E-state index contributed by atoms with van der Waals surface area (Å²) >= 11 is 5.79. The second-order valence-corrected chi connectivity index (χ2v) is 3.97. The van der Waals surface area contributed by atoms with Gasteiger partial charge in [0.2, 0.25) is 0 Å². The molecule has 4 nitrogen and oxygen atoms in total. The number of amides is 1. The van der Waals surface area contributed by atoms with Crippen LogP contribution in [0.5, 0.6) is 0 Å². The van der Waals surface area contributed by atoms with Crippen LogP contribution >= 0.6 is 11.6 Å². The molecule has 0 aliphatic carbocycles. The summed E-state index contributed by atoms with van der Waals surface area (Å²) in [7, 11) is 0. The first-order valence-corrected chi connectivity index (χ1v) is 5.42. The summed E-state index contributed by atoms with van der Waals surface area (Å²) in [5, 5.41) is 12.1. The lowest BCUT2D eigenvalue weighted by Crippen LogP contribution is -2.36. The number of nitrogen functional groups attached to an aromatic ring is 1. The van der Waals surface area contributed by atoms with Crippen molar-refractivity contribution in [2.75, 3.05) is 12.3 Å². The number of nitrogens with two attached hydrogens (primary N) is 1. The summed E-state index contributed by atoms with van der Waals surface area (Å²) < 4.78 is 0. The third kappa shape index (κ3) is 3.40. The Bertz CT molecular complexity index is 358. The SMILES string of the molecule is CC[C@@H](CO)NC(=O)c1cc(N)cc(Cl)c1. The van der Waals surface area contributed by atoms with Gasteiger partial charge in [-0.1, -0.05) is 18.5 Å². The molecule has 0 heterocycles. The molecule has 4 N–H and O–H groups in total. The van der Waals surface area contributed by atoms with Gasteiger partial charge in [-0.25, -0.2) is 0 Å². The van der Waals surface area contributed by atoms with Gasteiger partial charge in [0.05, 0.1) is 12.6 Å². The van der Waals surface area contributed by atoms with E-state index >= 15 is 0 Å². The smallest absolute Gasteiger partial charge is 0.251 e. The minimum absolute atomic E-state index is 0.0850. The number of hydrogen-bond donors (Lipinski definition) is 3. The highest BCUT2D eigenvalue weighted by Gasteiger charge is 2.12. The van der Waals surface area contributed by atoms with E-state index in [-0.39, 0.29) is 18.6 Å². The first-order valence-electron chi connectivity index (χ1n) is 5.04. The van der Waals surface area contributed by atoms with Crippen LogP contribution in [0.25, 0.3) is 0 Å². The van der Waals surface area contributed by atoms with Crippen LogP contribution in [-0.4, -0.2) is 23.7 Å². The van der Waals surface area contributed by atoms with Gasteiger partial charge in [0.15, 0.2) is 0 Å². The Morgan fingerprint density at radius 1 is 1.56 bits per heavy atom. The van der Waals surface area contributed by atoms with Gasteiger partial charge >= 0.3 is 0 Å². The predicted octanol–water partition coefficient (Wildman–Crippen LogP) is 1.42. The maximum atomic E-state index is 11.7. The maximum absolute atomic E-state index is 11.7. The number of carbonyl (C=O) groups is 1. The normalized spacial score (nSPS) is 12.2. The molecular weight excluding hydrogens is 228 g/mol. The van der Waals surface area contributed by atoms with Crippen molar-refractivity contribution in [1.82, 2.24) is 5.32 Å². The number of rotatable bonds is 4. The van der Waals surface area contributed by atoms with Crippen molar-refractivity contribution in [1.29, 1.82) is 0 Å². The van der Waals surface area contributed by atoms with Crippen LogP contribution in [0.1, 0.15) is 23.7 Å². The zero-order valence-electron chi connectivity index (χ0n) is 9.03. The lowest BCUT2D eigenvalue weighted by atomic mass is 10.1. The van der Waals surface area contributed by atoms with Gasteiger partial charge in [0, 0.05) is 16.3 Å². The summed E-state index contributed by atoms with van der Waals surface area (Å²) in [6.45, 7) is 1.80. The van der Waals surface area contributed by atoms with Crippen molar-refractivity contribution in [3.8, 4) is 0 Å². The Labute approximate surface area is 99.4 Å². The Morgan fingerprint density at radius 3 is 2.75 bits per heavy atom. The molecule has 1 amide bonds. The monoisotopic (exact) mass is 242 g/mol. The molecule has 88 valence electrons. The molecule has 0 saturated heterocycles. The average molecular weight is 243 g/mol. The van der Waals surface area contributed by atoms with E-state index in [2.05, 4.69) is 5.32 Å². The van der Waals surface area contributed by atoms with E-state index in [0.29, 0.717) is 22.7 Å². The fourth-order valence-electron chi connectivity index (χ4n) is 1.29. The molecule has 0 aromatic heterocycles. The molecule has 5 heteroatoms. The van der Waals surface area contributed by atoms with Gasteiger partial charge in [0.1, 0.15) is 0 Å². The molecule has 0 saturated carbocycles. The summed E-state index contributed by atoms with van der Waals surface area (Å²) in [5.74, 6) is -0.282. The molecule has 0 radical (unpaired) electrons. The molecule has 0 spiro atoms. The van der Waals surface area contributed by atoms with Gasteiger partial charge in [-0.2, -0.15) is 0 Å². The molecule has 0 bridgehead atoms. The number of aliphatic hydroxyl groups is 1. The molecule has 1 atom stereocenters. The number of aliphatic hydroxyl groups excluding tert-OH is 1. The molecule has 0 unspecified atom stereocenters. The molecule has 1 aromatic rings. The van der Waals surface area contributed by atoms with E-state index in [4.69, 9.17) is 22.4 Å². The van der Waals surface area contributed by atoms with Gasteiger partial charge in [-0.3, -0.25) is 4.79 Å². The van der Waals surface area contributed by atoms with Crippen molar-refractivity contribution in [2.24, 2.45) is 0 Å². The summed E-state index contributed by atoms with van der Waals surface area (Å²) in [6.07, 6.45) is 0.665. The minimum atomic E-state index is -0.282. The Hall–Kier alpha value is -1.26. The van der Waals surface area contributed by atoms with E-state index in [1.807, 2.05) is 6.92 Å².